The molecule has 5 rings (SSSR count). The van der Waals surface area contributed by atoms with Crippen molar-refractivity contribution in [2.45, 2.75) is 39.8 Å². The van der Waals surface area contributed by atoms with Crippen LogP contribution in [-0.2, 0) is 16.1 Å². The maximum absolute atomic E-state index is 16.6. The number of hydrogen-bond acceptors (Lipinski definition) is 10. The summed E-state index contributed by atoms with van der Waals surface area (Å²) in [7, 11) is 3.32. The fourth-order valence-electron chi connectivity index (χ4n) is 5.57. The zero-order chi connectivity index (χ0) is 35.8. The zero-order valence-electron chi connectivity index (χ0n) is 28.7. The van der Waals surface area contributed by atoms with Gasteiger partial charge in [0.25, 0.3) is 11.8 Å². The van der Waals surface area contributed by atoms with Gasteiger partial charge in [0.1, 0.15) is 29.9 Å². The Bertz CT molecular complexity index is 1900. The summed E-state index contributed by atoms with van der Waals surface area (Å²) in [5.41, 5.74) is 1.20. The number of hydrogen-bond donors (Lipinski definition) is 0. The molecule has 0 amide bonds. The summed E-state index contributed by atoms with van der Waals surface area (Å²) in [4.78, 5) is 25.0. The first-order chi connectivity index (χ1) is 24.1. The Morgan fingerprint density at radius 1 is 1.00 bits per heavy atom. The van der Waals surface area contributed by atoms with Gasteiger partial charge in [0, 0.05) is 32.3 Å². The Kier molecular flexibility index (Phi) is 11.5. The van der Waals surface area contributed by atoms with Crippen LogP contribution in [0, 0.1) is 28.9 Å². The Morgan fingerprint density at radius 2 is 1.74 bits per heavy atom. The van der Waals surface area contributed by atoms with E-state index in [1.54, 1.807) is 32.0 Å². The van der Waals surface area contributed by atoms with Gasteiger partial charge in [0.15, 0.2) is 11.5 Å². The van der Waals surface area contributed by atoms with Gasteiger partial charge in [0.2, 0.25) is 11.6 Å². The van der Waals surface area contributed by atoms with Crippen molar-refractivity contribution >= 4 is 17.5 Å². The van der Waals surface area contributed by atoms with Crippen molar-refractivity contribution in [3.8, 4) is 35.1 Å². The Morgan fingerprint density at radius 3 is 2.40 bits per heavy atom. The highest BCUT2D eigenvalue weighted by Crippen LogP contribution is 2.41. The molecule has 0 saturated carbocycles. The third kappa shape index (κ3) is 7.94. The molecule has 50 heavy (non-hydrogen) atoms. The summed E-state index contributed by atoms with van der Waals surface area (Å²) < 4.78 is 56.5. The third-order valence-electron chi connectivity index (χ3n) is 8.36. The lowest BCUT2D eigenvalue weighted by Gasteiger charge is -2.33. The van der Waals surface area contributed by atoms with Crippen LogP contribution in [0.25, 0.3) is 0 Å². The lowest BCUT2D eigenvalue weighted by molar-refractivity contribution is -0.146. The van der Waals surface area contributed by atoms with Gasteiger partial charge in [-0.3, -0.25) is 4.99 Å². The van der Waals surface area contributed by atoms with Crippen LogP contribution in [0.1, 0.15) is 43.9 Å². The lowest BCUT2D eigenvalue weighted by Crippen LogP contribution is -2.45. The van der Waals surface area contributed by atoms with E-state index < -0.39 is 41.1 Å². The molecule has 0 aliphatic carbocycles. The number of aromatic nitrogens is 1. The van der Waals surface area contributed by atoms with Gasteiger partial charge in [-0.25, -0.2) is 4.79 Å². The van der Waals surface area contributed by atoms with E-state index in [9.17, 15) is 10.1 Å². The SMILES string of the molecule is CCOC(=O)C(C(C)CC)N(C)c1c(F)c(Oc2cccc(C3=NCCN3C)c2)nc(Oc2cc(C#N)ccc2OCc2ccccc2)c1F. The summed E-state index contributed by atoms with van der Waals surface area (Å²) in [6.07, 6.45) is 0.517. The number of likely N-dealkylation sites (N-methyl/N-ethyl adjacent to an activating group) is 2. The van der Waals surface area contributed by atoms with Gasteiger partial charge >= 0.3 is 5.97 Å². The molecule has 2 heterocycles. The number of benzene rings is 3. The molecule has 0 N–H and O–H groups in total. The molecule has 10 nitrogen and oxygen atoms in total. The van der Waals surface area contributed by atoms with Crippen LogP contribution >= 0.6 is 0 Å². The van der Waals surface area contributed by atoms with Gasteiger partial charge in [-0.2, -0.15) is 19.0 Å². The summed E-state index contributed by atoms with van der Waals surface area (Å²) in [5, 5.41) is 9.63. The number of nitrogens with zero attached hydrogens (tertiary/aromatic N) is 5. The summed E-state index contributed by atoms with van der Waals surface area (Å²) in [6.45, 7) is 6.95. The van der Waals surface area contributed by atoms with Gasteiger partial charge in [-0.05, 0) is 42.7 Å². The standard InChI is InChI=1S/C38H39F2N5O5/c1-6-24(3)33(38(46)47-7-2)45(5)34-31(39)36(49-28-15-11-14-27(21-28)35-42-18-19-44(35)4)43-37(32(34)40)50-30-20-26(22-41)16-17-29(30)48-23-25-12-9-8-10-13-25/h8-17,20-21,24,33H,6-7,18-19,23H2,1-5H3. The zero-order valence-corrected chi connectivity index (χ0v) is 28.7. The van der Waals surface area contributed by atoms with E-state index in [2.05, 4.69) is 9.98 Å². The van der Waals surface area contributed by atoms with Crippen LogP contribution < -0.4 is 19.1 Å². The summed E-state index contributed by atoms with van der Waals surface area (Å²) in [6, 6.07) is 21.6. The number of carbonyl (C=O) groups is 1. The van der Waals surface area contributed by atoms with Crippen LogP contribution in [0.2, 0.25) is 0 Å². The average Bonchev–Trinajstić information content (AvgIpc) is 3.56. The van der Waals surface area contributed by atoms with Gasteiger partial charge in [-0.15, -0.1) is 0 Å². The van der Waals surface area contributed by atoms with Crippen molar-refractivity contribution in [3.63, 3.8) is 0 Å². The number of carbonyl (C=O) groups excluding carboxylic acids is 1. The number of rotatable bonds is 14. The van der Waals surface area contributed by atoms with Crippen molar-refractivity contribution in [2.75, 3.05) is 38.7 Å². The maximum atomic E-state index is 16.6. The predicted molar refractivity (Wildman–Crippen MR) is 185 cm³/mol. The molecule has 0 bridgehead atoms. The second kappa shape index (κ2) is 16.1. The van der Waals surface area contributed by atoms with Gasteiger partial charge in [0.05, 0.1) is 24.8 Å². The fraction of sp³-hybridized carbons (Fsp3) is 0.316. The molecule has 1 aliphatic heterocycles. The van der Waals surface area contributed by atoms with Crippen molar-refractivity contribution < 1.29 is 32.5 Å². The number of nitriles is 1. The van der Waals surface area contributed by atoms with Crippen LogP contribution in [0.4, 0.5) is 14.5 Å². The van der Waals surface area contributed by atoms with E-state index in [1.165, 1.54) is 30.1 Å². The topological polar surface area (TPSA) is 110 Å². The van der Waals surface area contributed by atoms with E-state index in [-0.39, 0.29) is 41.9 Å². The molecule has 1 aromatic heterocycles. The highest BCUT2D eigenvalue weighted by Gasteiger charge is 2.36. The van der Waals surface area contributed by atoms with E-state index in [1.807, 2.05) is 61.3 Å². The van der Waals surface area contributed by atoms with Crippen LogP contribution in [0.3, 0.4) is 0 Å². The molecule has 0 radical (unpaired) electrons. The number of anilines is 1. The molecule has 2 unspecified atom stereocenters. The molecule has 0 spiro atoms. The molecule has 12 heteroatoms. The molecular formula is C38H39F2N5O5. The van der Waals surface area contributed by atoms with Gasteiger partial charge < -0.3 is 28.7 Å². The summed E-state index contributed by atoms with van der Waals surface area (Å²) >= 11 is 0. The largest absolute Gasteiger partial charge is 0.485 e. The Labute approximate surface area is 290 Å². The third-order valence-corrected chi connectivity index (χ3v) is 8.36. The number of aliphatic imine (C=N–C) groups is 1. The van der Waals surface area contributed by atoms with Crippen molar-refractivity contribution in [1.29, 1.82) is 5.26 Å². The highest BCUT2D eigenvalue weighted by molar-refractivity contribution is 5.99. The van der Waals surface area contributed by atoms with E-state index in [4.69, 9.17) is 18.9 Å². The first kappa shape index (κ1) is 35.6. The molecule has 260 valence electrons. The maximum Gasteiger partial charge on any atom is 0.329 e. The number of ether oxygens (including phenoxy) is 4. The van der Waals surface area contributed by atoms with E-state index >= 15 is 8.78 Å². The van der Waals surface area contributed by atoms with Crippen molar-refractivity contribution in [3.05, 3.63) is 101 Å². The minimum atomic E-state index is -1.19. The molecular weight excluding hydrogens is 644 g/mol. The second-order valence-electron chi connectivity index (χ2n) is 11.8. The summed E-state index contributed by atoms with van der Waals surface area (Å²) in [5.74, 6) is -3.49. The molecule has 0 fully saturated rings. The van der Waals surface area contributed by atoms with Crippen molar-refractivity contribution in [1.82, 2.24) is 9.88 Å². The monoisotopic (exact) mass is 683 g/mol. The molecule has 3 aromatic carbocycles. The normalized spacial score (nSPS) is 13.6. The number of halogens is 2. The number of esters is 1. The number of amidine groups is 1. The number of pyridine rings is 1. The highest BCUT2D eigenvalue weighted by atomic mass is 19.1. The molecule has 2 atom stereocenters. The average molecular weight is 684 g/mol. The van der Waals surface area contributed by atoms with E-state index in [0.29, 0.717) is 13.0 Å². The molecule has 4 aromatic rings. The van der Waals surface area contributed by atoms with E-state index in [0.717, 1.165) is 23.5 Å². The van der Waals surface area contributed by atoms with Gasteiger partial charge in [-0.1, -0.05) is 62.7 Å². The first-order valence-electron chi connectivity index (χ1n) is 16.4. The quantitative estimate of drug-likeness (QED) is 0.125. The smallest absolute Gasteiger partial charge is 0.329 e. The molecule has 0 saturated heterocycles. The predicted octanol–water partition coefficient (Wildman–Crippen LogP) is 7.50. The van der Waals surface area contributed by atoms with Crippen LogP contribution in [0.5, 0.6) is 29.0 Å². The minimum absolute atomic E-state index is 0.0364. The van der Waals surface area contributed by atoms with Crippen molar-refractivity contribution in [2.24, 2.45) is 10.9 Å². The van der Waals surface area contributed by atoms with Crippen LogP contribution in [-0.4, -0.2) is 61.5 Å². The Balaban J connectivity index is 1.61. The molecule has 1 aliphatic rings. The van der Waals surface area contributed by atoms with Crippen LogP contribution in [0.15, 0.2) is 77.8 Å². The fourth-order valence-corrected chi connectivity index (χ4v) is 5.57. The first-order valence-corrected chi connectivity index (χ1v) is 16.4. The lowest BCUT2D eigenvalue weighted by atomic mass is 9.97. The minimum Gasteiger partial charge on any atom is -0.485 e. The second-order valence-corrected chi connectivity index (χ2v) is 11.8. The Hall–Kier alpha value is -5.70.